The number of ether oxygens (including phenoxy) is 2. The number of benzene rings is 1. The minimum absolute atomic E-state index is 0.0602. The Morgan fingerprint density at radius 2 is 1.95 bits per heavy atom. The molecule has 0 aliphatic heterocycles. The topological polar surface area (TPSA) is 76.7 Å². The number of methoxy groups -OCH3 is 1. The van der Waals surface area contributed by atoms with E-state index in [1.165, 1.54) is 24.3 Å². The summed E-state index contributed by atoms with van der Waals surface area (Å²) in [6, 6.07) is 5.57. The van der Waals surface area contributed by atoms with Gasteiger partial charge in [-0.1, -0.05) is 12.1 Å². The number of hydrogen-bond donors (Lipinski definition) is 2. The van der Waals surface area contributed by atoms with Crippen LogP contribution in [0, 0.1) is 0 Å². The van der Waals surface area contributed by atoms with Crippen LogP contribution >= 0.6 is 0 Å². The molecule has 0 aliphatic rings. The standard InChI is InChI=1S/C14H18F2N2O4/c1-21-8-4-7-17-12(19)9-18-13(20)10-5-2-3-6-11(10)22-14(15)16/h2-3,5-6,14H,4,7-9H2,1H3,(H,17,19)(H,18,20). The molecule has 22 heavy (non-hydrogen) atoms. The van der Waals surface area contributed by atoms with Crippen molar-refractivity contribution in [3.63, 3.8) is 0 Å². The Morgan fingerprint density at radius 1 is 1.23 bits per heavy atom. The Morgan fingerprint density at radius 3 is 2.64 bits per heavy atom. The number of alkyl halides is 2. The highest BCUT2D eigenvalue weighted by atomic mass is 19.3. The van der Waals surface area contributed by atoms with E-state index < -0.39 is 12.5 Å². The van der Waals surface area contributed by atoms with E-state index in [1.54, 1.807) is 7.11 Å². The predicted octanol–water partition coefficient (Wildman–Crippen LogP) is 1.17. The Hall–Kier alpha value is -2.22. The Balaban J connectivity index is 2.47. The summed E-state index contributed by atoms with van der Waals surface area (Å²) in [7, 11) is 1.56. The van der Waals surface area contributed by atoms with Gasteiger partial charge in [0.15, 0.2) is 0 Å². The van der Waals surface area contributed by atoms with Crippen molar-refractivity contribution in [1.82, 2.24) is 10.6 Å². The zero-order valence-corrected chi connectivity index (χ0v) is 12.1. The number of amides is 2. The summed E-state index contributed by atoms with van der Waals surface area (Å²) >= 11 is 0. The molecule has 2 amide bonds. The van der Waals surface area contributed by atoms with E-state index in [0.717, 1.165) is 0 Å². The summed E-state index contributed by atoms with van der Waals surface area (Å²) < 4.78 is 33.6. The van der Waals surface area contributed by atoms with E-state index in [1.807, 2.05) is 0 Å². The highest BCUT2D eigenvalue weighted by Crippen LogP contribution is 2.19. The third-order valence-electron chi connectivity index (χ3n) is 2.60. The van der Waals surface area contributed by atoms with Gasteiger partial charge in [0, 0.05) is 20.3 Å². The molecule has 0 aliphatic carbocycles. The molecule has 0 saturated heterocycles. The molecule has 6 nitrogen and oxygen atoms in total. The second-order valence-electron chi connectivity index (χ2n) is 4.25. The van der Waals surface area contributed by atoms with Crippen LogP contribution in [0.4, 0.5) is 8.78 Å². The zero-order valence-electron chi connectivity index (χ0n) is 12.1. The van der Waals surface area contributed by atoms with Gasteiger partial charge in [-0.15, -0.1) is 0 Å². The third-order valence-corrected chi connectivity index (χ3v) is 2.60. The molecule has 0 saturated carbocycles. The maximum absolute atomic E-state index is 12.3. The lowest BCUT2D eigenvalue weighted by atomic mass is 10.2. The lowest BCUT2D eigenvalue weighted by Crippen LogP contribution is -2.37. The van der Waals surface area contributed by atoms with Crippen molar-refractivity contribution in [2.75, 3.05) is 26.8 Å². The molecule has 1 aromatic carbocycles. The first kappa shape index (κ1) is 17.8. The summed E-state index contributed by atoms with van der Waals surface area (Å²) in [4.78, 5) is 23.4. The van der Waals surface area contributed by atoms with Crippen molar-refractivity contribution in [1.29, 1.82) is 0 Å². The average Bonchev–Trinajstić information content (AvgIpc) is 2.49. The molecule has 122 valence electrons. The zero-order chi connectivity index (χ0) is 16.4. The van der Waals surface area contributed by atoms with E-state index in [2.05, 4.69) is 15.4 Å². The van der Waals surface area contributed by atoms with Gasteiger partial charge in [0.2, 0.25) is 5.91 Å². The number of para-hydroxylation sites is 1. The predicted molar refractivity (Wildman–Crippen MR) is 74.9 cm³/mol. The molecule has 8 heteroatoms. The fourth-order valence-electron chi connectivity index (χ4n) is 1.62. The molecule has 0 fully saturated rings. The molecule has 0 aromatic heterocycles. The van der Waals surface area contributed by atoms with Gasteiger partial charge in [-0.05, 0) is 18.6 Å². The average molecular weight is 316 g/mol. The minimum atomic E-state index is -3.03. The SMILES string of the molecule is COCCCNC(=O)CNC(=O)c1ccccc1OC(F)F. The molecule has 0 heterocycles. The van der Waals surface area contributed by atoms with Crippen LogP contribution in [-0.2, 0) is 9.53 Å². The molecule has 1 aromatic rings. The van der Waals surface area contributed by atoms with Crippen LogP contribution in [0.25, 0.3) is 0 Å². The van der Waals surface area contributed by atoms with Gasteiger partial charge < -0.3 is 20.1 Å². The fourth-order valence-corrected chi connectivity index (χ4v) is 1.62. The summed E-state index contributed by atoms with van der Waals surface area (Å²) in [5, 5.41) is 4.93. The summed E-state index contributed by atoms with van der Waals surface area (Å²) in [5.74, 6) is -1.28. The highest BCUT2D eigenvalue weighted by Gasteiger charge is 2.15. The van der Waals surface area contributed by atoms with Crippen molar-refractivity contribution in [2.45, 2.75) is 13.0 Å². The van der Waals surface area contributed by atoms with Crippen LogP contribution in [0.15, 0.2) is 24.3 Å². The van der Waals surface area contributed by atoms with E-state index in [4.69, 9.17) is 4.74 Å². The molecular formula is C14H18F2N2O4. The first-order valence-electron chi connectivity index (χ1n) is 6.62. The maximum Gasteiger partial charge on any atom is 0.387 e. The second-order valence-corrected chi connectivity index (χ2v) is 4.25. The van der Waals surface area contributed by atoms with E-state index in [-0.39, 0.29) is 23.8 Å². The van der Waals surface area contributed by atoms with Gasteiger partial charge in [-0.2, -0.15) is 8.78 Å². The van der Waals surface area contributed by atoms with Crippen molar-refractivity contribution in [2.24, 2.45) is 0 Å². The first-order chi connectivity index (χ1) is 10.5. The highest BCUT2D eigenvalue weighted by molar-refractivity contribution is 5.98. The third kappa shape index (κ3) is 6.49. The van der Waals surface area contributed by atoms with E-state index >= 15 is 0 Å². The van der Waals surface area contributed by atoms with Crippen LogP contribution in [0.3, 0.4) is 0 Å². The van der Waals surface area contributed by atoms with E-state index in [9.17, 15) is 18.4 Å². The molecule has 0 radical (unpaired) electrons. The van der Waals surface area contributed by atoms with Crippen molar-refractivity contribution < 1.29 is 27.8 Å². The van der Waals surface area contributed by atoms with Gasteiger partial charge in [0.1, 0.15) is 5.75 Å². The monoisotopic (exact) mass is 316 g/mol. The van der Waals surface area contributed by atoms with Gasteiger partial charge in [0.25, 0.3) is 5.91 Å². The van der Waals surface area contributed by atoms with Crippen molar-refractivity contribution in [3.8, 4) is 5.75 Å². The number of nitrogens with one attached hydrogen (secondary N) is 2. The number of hydrogen-bond acceptors (Lipinski definition) is 4. The molecule has 0 unspecified atom stereocenters. The van der Waals surface area contributed by atoms with Crippen LogP contribution in [0.1, 0.15) is 16.8 Å². The largest absolute Gasteiger partial charge is 0.434 e. The van der Waals surface area contributed by atoms with Crippen LogP contribution < -0.4 is 15.4 Å². The molecule has 0 atom stereocenters. The quantitative estimate of drug-likeness (QED) is 0.671. The van der Waals surface area contributed by atoms with Gasteiger partial charge in [-0.25, -0.2) is 0 Å². The minimum Gasteiger partial charge on any atom is -0.434 e. The fraction of sp³-hybridized carbons (Fsp3) is 0.429. The summed E-state index contributed by atoms with van der Waals surface area (Å²) in [5.41, 5.74) is -0.0602. The Bertz CT molecular complexity index is 497. The second kappa shape index (κ2) is 9.67. The number of carbonyl (C=O) groups is 2. The Kier molecular flexibility index (Phi) is 7.84. The number of rotatable bonds is 9. The van der Waals surface area contributed by atoms with Gasteiger partial charge >= 0.3 is 6.61 Å². The normalized spacial score (nSPS) is 10.4. The molecule has 0 bridgehead atoms. The number of carbonyl (C=O) groups excluding carboxylic acids is 2. The van der Waals surface area contributed by atoms with Crippen molar-refractivity contribution in [3.05, 3.63) is 29.8 Å². The van der Waals surface area contributed by atoms with E-state index in [0.29, 0.717) is 19.6 Å². The maximum atomic E-state index is 12.3. The lowest BCUT2D eigenvalue weighted by Gasteiger charge is -2.11. The van der Waals surface area contributed by atoms with Crippen LogP contribution in [0.5, 0.6) is 5.75 Å². The molecule has 1 rings (SSSR count). The van der Waals surface area contributed by atoms with Gasteiger partial charge in [0.05, 0.1) is 12.1 Å². The smallest absolute Gasteiger partial charge is 0.387 e. The van der Waals surface area contributed by atoms with Gasteiger partial charge in [-0.3, -0.25) is 9.59 Å². The molecule has 2 N–H and O–H groups in total. The van der Waals surface area contributed by atoms with Crippen LogP contribution in [-0.4, -0.2) is 45.2 Å². The lowest BCUT2D eigenvalue weighted by molar-refractivity contribution is -0.120. The Labute approximate surface area is 126 Å². The molecule has 0 spiro atoms. The number of halogens is 2. The summed E-state index contributed by atoms with van der Waals surface area (Å²) in [6.07, 6.45) is 0.654. The molecular weight excluding hydrogens is 298 g/mol. The first-order valence-corrected chi connectivity index (χ1v) is 6.62. The van der Waals surface area contributed by atoms with Crippen molar-refractivity contribution >= 4 is 11.8 Å². The van der Waals surface area contributed by atoms with Crippen LogP contribution in [0.2, 0.25) is 0 Å². The summed E-state index contributed by atoms with van der Waals surface area (Å²) in [6.45, 7) is -2.34.